The first-order chi connectivity index (χ1) is 10.8. The van der Waals surface area contributed by atoms with Crippen molar-refractivity contribution >= 4 is 21.8 Å². The van der Waals surface area contributed by atoms with Crippen LogP contribution in [0.25, 0.3) is 0 Å². The van der Waals surface area contributed by atoms with Crippen molar-refractivity contribution in [3.8, 4) is 0 Å². The Morgan fingerprint density at radius 2 is 2.00 bits per heavy atom. The molecule has 1 aliphatic carbocycles. The topological polar surface area (TPSA) is 89.5 Å². The number of ether oxygens (including phenoxy) is 1. The van der Waals surface area contributed by atoms with Crippen LogP contribution in [-0.2, 0) is 24.3 Å². The van der Waals surface area contributed by atoms with E-state index >= 15 is 0 Å². The first kappa shape index (κ1) is 17.6. The summed E-state index contributed by atoms with van der Waals surface area (Å²) >= 11 is 0. The number of carbonyl (C=O) groups excluding carboxylic acids is 2. The van der Waals surface area contributed by atoms with Gasteiger partial charge in [0.25, 0.3) is 0 Å². The lowest BCUT2D eigenvalue weighted by Gasteiger charge is -2.20. The number of ketones is 1. The van der Waals surface area contributed by atoms with E-state index in [4.69, 9.17) is 4.74 Å². The van der Waals surface area contributed by atoms with Gasteiger partial charge in [0.2, 0.25) is 10.0 Å². The molecular weight excluding hydrogens is 318 g/mol. The summed E-state index contributed by atoms with van der Waals surface area (Å²) in [4.78, 5) is 23.5. The average Bonchev–Trinajstić information content (AvgIpc) is 2.50. The predicted molar refractivity (Wildman–Crippen MR) is 84.5 cm³/mol. The molecule has 0 saturated heterocycles. The maximum absolute atomic E-state index is 12.2. The van der Waals surface area contributed by atoms with E-state index in [0.717, 1.165) is 24.0 Å². The van der Waals surface area contributed by atoms with Gasteiger partial charge in [-0.2, -0.15) is 4.72 Å². The van der Waals surface area contributed by atoms with Crippen LogP contribution in [0.1, 0.15) is 36.8 Å². The van der Waals surface area contributed by atoms with Crippen LogP contribution in [0, 0.1) is 13.8 Å². The predicted octanol–water partition coefficient (Wildman–Crippen LogP) is 1.64. The fourth-order valence-corrected chi connectivity index (χ4v) is 3.45. The molecule has 23 heavy (non-hydrogen) atoms. The zero-order valence-electron chi connectivity index (χ0n) is 13.3. The molecule has 1 atom stereocenters. The van der Waals surface area contributed by atoms with Gasteiger partial charge in [0.15, 0.2) is 11.9 Å². The van der Waals surface area contributed by atoms with Gasteiger partial charge >= 0.3 is 5.97 Å². The molecule has 1 aromatic carbocycles. The maximum atomic E-state index is 12.2. The first-order valence-corrected chi connectivity index (χ1v) is 9.07. The Balaban J connectivity index is 1.94. The van der Waals surface area contributed by atoms with Gasteiger partial charge < -0.3 is 4.74 Å². The smallest absolute Gasteiger partial charge is 0.321 e. The molecule has 1 aromatic rings. The Hall–Kier alpha value is -1.73. The van der Waals surface area contributed by atoms with E-state index < -0.39 is 28.6 Å². The van der Waals surface area contributed by atoms with Crippen molar-refractivity contribution in [1.29, 1.82) is 0 Å². The molecule has 7 heteroatoms. The summed E-state index contributed by atoms with van der Waals surface area (Å²) in [6.45, 7) is 3.22. The molecule has 0 bridgehead atoms. The summed E-state index contributed by atoms with van der Waals surface area (Å²) in [6.07, 6.45) is 1.83. The number of hydrogen-bond donors (Lipinski definition) is 1. The molecule has 0 unspecified atom stereocenters. The second-order valence-electron chi connectivity index (χ2n) is 5.76. The number of aryl methyl sites for hydroxylation is 2. The molecule has 0 amide bonds. The normalized spacial score (nSPS) is 18.7. The summed E-state index contributed by atoms with van der Waals surface area (Å²) in [7, 11) is -3.78. The highest BCUT2D eigenvalue weighted by atomic mass is 32.2. The summed E-state index contributed by atoms with van der Waals surface area (Å²) in [6, 6.07) is 4.75. The van der Waals surface area contributed by atoms with Crippen molar-refractivity contribution in [3.05, 3.63) is 29.3 Å². The molecule has 0 heterocycles. The molecule has 2 rings (SSSR count). The Bertz CT molecular complexity index is 711. The Morgan fingerprint density at radius 1 is 1.26 bits per heavy atom. The number of hydrogen-bond acceptors (Lipinski definition) is 5. The van der Waals surface area contributed by atoms with Crippen LogP contribution in [0.5, 0.6) is 0 Å². The van der Waals surface area contributed by atoms with Crippen LogP contribution in [0.4, 0.5) is 0 Å². The highest BCUT2D eigenvalue weighted by Crippen LogP contribution is 2.18. The summed E-state index contributed by atoms with van der Waals surface area (Å²) in [5.41, 5.74) is 1.84. The van der Waals surface area contributed by atoms with Crippen LogP contribution in [0.2, 0.25) is 0 Å². The van der Waals surface area contributed by atoms with Gasteiger partial charge in [-0.1, -0.05) is 6.07 Å². The minimum atomic E-state index is -3.78. The standard InChI is InChI=1S/C16H21NO5S/c1-11-7-8-13(9-12(11)2)23(20,21)17-10-16(19)22-15-6-4-3-5-14(15)18/h7-9,15,17H,3-6,10H2,1-2H3/t15-/m0/s1. The van der Waals surface area contributed by atoms with Gasteiger partial charge in [0, 0.05) is 6.42 Å². The number of esters is 1. The molecular formula is C16H21NO5S. The van der Waals surface area contributed by atoms with Crippen LogP contribution >= 0.6 is 0 Å². The SMILES string of the molecule is Cc1ccc(S(=O)(=O)NCC(=O)O[C@H]2CCCCC2=O)cc1C. The molecule has 0 radical (unpaired) electrons. The van der Waals surface area contributed by atoms with E-state index in [2.05, 4.69) is 4.72 Å². The number of Topliss-reactive ketones (excluding diaryl/α,β-unsaturated/α-hetero) is 1. The van der Waals surface area contributed by atoms with Gasteiger partial charge in [-0.15, -0.1) is 0 Å². The average molecular weight is 339 g/mol. The number of carbonyl (C=O) groups is 2. The van der Waals surface area contributed by atoms with Crippen molar-refractivity contribution < 1.29 is 22.7 Å². The van der Waals surface area contributed by atoms with Crippen molar-refractivity contribution in [2.24, 2.45) is 0 Å². The number of sulfonamides is 1. The van der Waals surface area contributed by atoms with E-state index in [0.29, 0.717) is 12.8 Å². The molecule has 6 nitrogen and oxygen atoms in total. The van der Waals surface area contributed by atoms with Crippen LogP contribution in [0.15, 0.2) is 23.1 Å². The van der Waals surface area contributed by atoms with E-state index in [9.17, 15) is 18.0 Å². The quantitative estimate of drug-likeness (QED) is 0.824. The largest absolute Gasteiger partial charge is 0.453 e. The monoisotopic (exact) mass is 339 g/mol. The highest BCUT2D eigenvalue weighted by molar-refractivity contribution is 7.89. The summed E-state index contributed by atoms with van der Waals surface area (Å²) < 4.78 is 31.6. The zero-order valence-corrected chi connectivity index (χ0v) is 14.1. The Labute approximate surface area is 136 Å². The first-order valence-electron chi connectivity index (χ1n) is 7.59. The molecule has 1 aliphatic rings. The van der Waals surface area contributed by atoms with E-state index in [-0.39, 0.29) is 10.7 Å². The number of nitrogens with one attached hydrogen (secondary N) is 1. The van der Waals surface area contributed by atoms with E-state index in [1.54, 1.807) is 12.1 Å². The second kappa shape index (κ2) is 7.23. The molecule has 0 aliphatic heterocycles. The lowest BCUT2D eigenvalue weighted by Crippen LogP contribution is -2.36. The van der Waals surface area contributed by atoms with Gasteiger partial charge in [-0.25, -0.2) is 8.42 Å². The highest BCUT2D eigenvalue weighted by Gasteiger charge is 2.26. The van der Waals surface area contributed by atoms with Crippen molar-refractivity contribution in [1.82, 2.24) is 4.72 Å². The second-order valence-corrected chi connectivity index (χ2v) is 7.53. The minimum absolute atomic E-state index is 0.0957. The van der Waals surface area contributed by atoms with Gasteiger partial charge in [-0.05, 0) is 56.4 Å². The molecule has 0 spiro atoms. The molecule has 0 aromatic heterocycles. The third-order valence-corrected chi connectivity index (χ3v) is 5.37. The zero-order chi connectivity index (χ0) is 17.0. The van der Waals surface area contributed by atoms with Crippen LogP contribution in [-0.4, -0.2) is 32.8 Å². The molecule has 1 saturated carbocycles. The van der Waals surface area contributed by atoms with Crippen molar-refractivity contribution in [3.63, 3.8) is 0 Å². The van der Waals surface area contributed by atoms with Crippen LogP contribution in [0.3, 0.4) is 0 Å². The summed E-state index contributed by atoms with van der Waals surface area (Å²) in [5.74, 6) is -0.834. The third-order valence-electron chi connectivity index (χ3n) is 3.97. The lowest BCUT2D eigenvalue weighted by atomic mass is 9.96. The van der Waals surface area contributed by atoms with E-state index in [1.165, 1.54) is 6.07 Å². The molecule has 1 fully saturated rings. The molecule has 1 N–H and O–H groups in total. The van der Waals surface area contributed by atoms with Crippen LogP contribution < -0.4 is 4.72 Å². The van der Waals surface area contributed by atoms with Gasteiger partial charge in [0.05, 0.1) is 4.90 Å². The van der Waals surface area contributed by atoms with Gasteiger partial charge in [0.1, 0.15) is 6.54 Å². The van der Waals surface area contributed by atoms with E-state index in [1.807, 2.05) is 13.8 Å². The number of rotatable bonds is 5. The summed E-state index contributed by atoms with van der Waals surface area (Å²) in [5, 5.41) is 0. The fourth-order valence-electron chi connectivity index (χ4n) is 2.39. The van der Waals surface area contributed by atoms with Crippen molar-refractivity contribution in [2.75, 3.05) is 6.54 Å². The van der Waals surface area contributed by atoms with Gasteiger partial charge in [-0.3, -0.25) is 9.59 Å². The lowest BCUT2D eigenvalue weighted by molar-refractivity contribution is -0.155. The third kappa shape index (κ3) is 4.62. The minimum Gasteiger partial charge on any atom is -0.453 e. The molecule has 126 valence electrons. The Morgan fingerprint density at radius 3 is 2.65 bits per heavy atom. The maximum Gasteiger partial charge on any atom is 0.321 e. The number of benzene rings is 1. The Kier molecular flexibility index (Phi) is 5.54. The van der Waals surface area contributed by atoms with Crippen molar-refractivity contribution in [2.45, 2.75) is 50.5 Å². The fraction of sp³-hybridized carbons (Fsp3) is 0.500.